The molecule has 1 aromatic carbocycles. The van der Waals surface area contributed by atoms with Crippen LogP contribution < -0.4 is 4.90 Å². The first-order valence-electron chi connectivity index (χ1n) is 9.82. The zero-order valence-corrected chi connectivity index (χ0v) is 15.6. The van der Waals surface area contributed by atoms with Gasteiger partial charge in [-0.15, -0.1) is 0 Å². The highest BCUT2D eigenvalue weighted by Crippen LogP contribution is 2.21. The molecular formula is C21H26N4O2. The molecule has 0 radical (unpaired) electrons. The quantitative estimate of drug-likeness (QED) is 0.787. The number of ether oxygens (including phenoxy) is 1. The fraction of sp³-hybridized carbons (Fsp3) is 0.476. The van der Waals surface area contributed by atoms with Gasteiger partial charge < -0.3 is 14.5 Å². The van der Waals surface area contributed by atoms with Crippen molar-refractivity contribution < 1.29 is 9.53 Å². The lowest BCUT2D eigenvalue weighted by Crippen LogP contribution is -2.42. The third kappa shape index (κ3) is 4.45. The third-order valence-corrected chi connectivity index (χ3v) is 5.23. The van der Waals surface area contributed by atoms with Crippen molar-refractivity contribution in [2.24, 2.45) is 0 Å². The Morgan fingerprint density at radius 3 is 2.70 bits per heavy atom. The maximum Gasteiger partial charge on any atom is 0.242 e. The van der Waals surface area contributed by atoms with Gasteiger partial charge in [0.05, 0.1) is 12.6 Å². The molecule has 0 spiro atoms. The second kappa shape index (κ2) is 8.48. The molecule has 4 rings (SSSR count). The van der Waals surface area contributed by atoms with Gasteiger partial charge in [0.1, 0.15) is 5.82 Å². The Kier molecular flexibility index (Phi) is 5.63. The lowest BCUT2D eigenvalue weighted by molar-refractivity contribution is -0.128. The minimum absolute atomic E-state index is 0.159. The van der Waals surface area contributed by atoms with Crippen molar-refractivity contribution >= 4 is 11.7 Å². The predicted octanol–water partition coefficient (Wildman–Crippen LogP) is 2.75. The number of carbonyl (C=O) groups is 1. The Morgan fingerprint density at radius 1 is 1.15 bits per heavy atom. The molecule has 1 atom stereocenters. The van der Waals surface area contributed by atoms with Gasteiger partial charge in [-0.05, 0) is 31.7 Å². The molecule has 1 amide bonds. The van der Waals surface area contributed by atoms with Gasteiger partial charge in [0.25, 0.3) is 0 Å². The smallest absolute Gasteiger partial charge is 0.242 e. The zero-order chi connectivity index (χ0) is 18.5. The largest absolute Gasteiger partial charge is 0.376 e. The minimum atomic E-state index is 0.159. The van der Waals surface area contributed by atoms with Crippen molar-refractivity contribution in [3.05, 3.63) is 42.6 Å². The van der Waals surface area contributed by atoms with Gasteiger partial charge >= 0.3 is 0 Å². The maximum atomic E-state index is 12.8. The van der Waals surface area contributed by atoms with E-state index in [1.54, 1.807) is 6.20 Å². The number of nitrogens with zero attached hydrogens (tertiary/aromatic N) is 4. The van der Waals surface area contributed by atoms with Gasteiger partial charge in [-0.3, -0.25) is 4.79 Å². The average Bonchev–Trinajstić information content (AvgIpc) is 3.42. The fourth-order valence-electron chi connectivity index (χ4n) is 3.75. The molecule has 1 aromatic heterocycles. The number of hydrogen-bond donors (Lipinski definition) is 0. The maximum absolute atomic E-state index is 12.8. The molecule has 2 aromatic rings. The summed E-state index contributed by atoms with van der Waals surface area (Å²) in [6.45, 7) is 3.56. The summed E-state index contributed by atoms with van der Waals surface area (Å²) in [6, 6.07) is 11.8. The van der Waals surface area contributed by atoms with Gasteiger partial charge in [-0.1, -0.05) is 30.3 Å². The molecule has 6 heteroatoms. The van der Waals surface area contributed by atoms with Crippen molar-refractivity contribution in [1.82, 2.24) is 14.9 Å². The van der Waals surface area contributed by atoms with Crippen LogP contribution in [0.4, 0.5) is 5.82 Å². The van der Waals surface area contributed by atoms with E-state index < -0.39 is 0 Å². The molecule has 0 saturated carbocycles. The van der Waals surface area contributed by atoms with E-state index in [-0.39, 0.29) is 12.0 Å². The summed E-state index contributed by atoms with van der Waals surface area (Å²) in [6.07, 6.45) is 6.24. The number of hydrogen-bond acceptors (Lipinski definition) is 5. The third-order valence-electron chi connectivity index (χ3n) is 5.23. The first kappa shape index (κ1) is 17.9. The van der Waals surface area contributed by atoms with Gasteiger partial charge in [-0.2, -0.15) is 0 Å². The Hall–Kier alpha value is -2.47. The second-order valence-corrected chi connectivity index (χ2v) is 7.21. The topological polar surface area (TPSA) is 58.6 Å². The summed E-state index contributed by atoms with van der Waals surface area (Å²) in [7, 11) is 0. The highest BCUT2D eigenvalue weighted by atomic mass is 16.5. The van der Waals surface area contributed by atoms with Crippen LogP contribution in [-0.2, 0) is 9.53 Å². The zero-order valence-electron chi connectivity index (χ0n) is 15.6. The van der Waals surface area contributed by atoms with E-state index in [0.29, 0.717) is 18.9 Å². The molecule has 6 nitrogen and oxygen atoms in total. The van der Waals surface area contributed by atoms with E-state index in [1.165, 1.54) is 0 Å². The normalized spacial score (nSPS) is 19.4. The van der Waals surface area contributed by atoms with Gasteiger partial charge in [-0.25, -0.2) is 9.97 Å². The fourth-order valence-corrected chi connectivity index (χ4v) is 3.75. The van der Waals surface area contributed by atoms with Crippen LogP contribution >= 0.6 is 0 Å². The lowest BCUT2D eigenvalue weighted by atomic mass is 10.2. The van der Waals surface area contributed by atoms with Crippen molar-refractivity contribution in [2.75, 3.05) is 37.7 Å². The molecule has 2 fully saturated rings. The number of rotatable bonds is 6. The van der Waals surface area contributed by atoms with Crippen molar-refractivity contribution in [3.8, 4) is 11.4 Å². The molecule has 3 heterocycles. The molecule has 0 aliphatic carbocycles. The number of aromatic nitrogens is 2. The summed E-state index contributed by atoms with van der Waals surface area (Å²) in [5.41, 5.74) is 0.974. The molecule has 0 bridgehead atoms. The molecule has 2 aliphatic heterocycles. The van der Waals surface area contributed by atoms with E-state index in [0.717, 1.165) is 56.8 Å². The van der Waals surface area contributed by atoms with Gasteiger partial charge in [0.15, 0.2) is 5.82 Å². The summed E-state index contributed by atoms with van der Waals surface area (Å²) >= 11 is 0. The lowest BCUT2D eigenvalue weighted by Gasteiger charge is -2.28. The van der Waals surface area contributed by atoms with Crippen LogP contribution in [0.25, 0.3) is 11.4 Å². The Bertz CT molecular complexity index is 756. The predicted molar refractivity (Wildman–Crippen MR) is 104 cm³/mol. The van der Waals surface area contributed by atoms with Crippen molar-refractivity contribution in [2.45, 2.75) is 31.8 Å². The highest BCUT2D eigenvalue weighted by Gasteiger charge is 2.25. The molecule has 0 N–H and O–H groups in total. The van der Waals surface area contributed by atoms with E-state index in [1.807, 2.05) is 41.3 Å². The van der Waals surface area contributed by atoms with Crippen LogP contribution in [0, 0.1) is 0 Å². The SMILES string of the molecule is O=C(CN(CC1CCCO1)c1ccnc(-c2ccccc2)n1)N1CCCC1. The summed E-state index contributed by atoms with van der Waals surface area (Å²) < 4.78 is 5.82. The van der Waals surface area contributed by atoms with E-state index in [2.05, 4.69) is 9.88 Å². The standard InChI is InChI=1S/C21H26N4O2/c26-20(24-12-4-5-13-24)16-25(15-18-9-6-14-27-18)19-10-11-22-21(23-19)17-7-2-1-3-8-17/h1-3,7-8,10-11,18H,4-6,9,12-16H2. The monoisotopic (exact) mass is 366 g/mol. The number of amides is 1. The molecule has 1 unspecified atom stereocenters. The van der Waals surface area contributed by atoms with Crippen LogP contribution in [0.2, 0.25) is 0 Å². The molecule has 2 aliphatic rings. The highest BCUT2D eigenvalue weighted by molar-refractivity contribution is 5.81. The summed E-state index contributed by atoms with van der Waals surface area (Å²) in [4.78, 5) is 25.9. The van der Waals surface area contributed by atoms with Crippen molar-refractivity contribution in [1.29, 1.82) is 0 Å². The van der Waals surface area contributed by atoms with E-state index in [4.69, 9.17) is 9.72 Å². The summed E-state index contributed by atoms with van der Waals surface area (Å²) in [5, 5.41) is 0. The molecular weight excluding hydrogens is 340 g/mol. The Morgan fingerprint density at radius 2 is 1.96 bits per heavy atom. The number of likely N-dealkylation sites (tertiary alicyclic amines) is 1. The molecule has 142 valence electrons. The van der Waals surface area contributed by atoms with Crippen LogP contribution in [-0.4, -0.2) is 59.7 Å². The first-order chi connectivity index (χ1) is 13.3. The Labute approximate surface area is 160 Å². The average molecular weight is 366 g/mol. The van der Waals surface area contributed by atoms with E-state index >= 15 is 0 Å². The second-order valence-electron chi connectivity index (χ2n) is 7.21. The van der Waals surface area contributed by atoms with Gasteiger partial charge in [0, 0.05) is 38.0 Å². The van der Waals surface area contributed by atoms with Crippen LogP contribution in [0.15, 0.2) is 42.6 Å². The van der Waals surface area contributed by atoms with Crippen LogP contribution in [0.3, 0.4) is 0 Å². The number of anilines is 1. The number of carbonyl (C=O) groups excluding carboxylic acids is 1. The molecule has 27 heavy (non-hydrogen) atoms. The van der Waals surface area contributed by atoms with Gasteiger partial charge in [0.2, 0.25) is 5.91 Å². The first-order valence-corrected chi connectivity index (χ1v) is 9.82. The number of benzene rings is 1. The molecule has 2 saturated heterocycles. The van der Waals surface area contributed by atoms with Crippen LogP contribution in [0.5, 0.6) is 0 Å². The summed E-state index contributed by atoms with van der Waals surface area (Å²) in [5.74, 6) is 1.64. The van der Waals surface area contributed by atoms with Crippen LogP contribution in [0.1, 0.15) is 25.7 Å². The Balaban J connectivity index is 1.56. The van der Waals surface area contributed by atoms with E-state index in [9.17, 15) is 4.79 Å². The minimum Gasteiger partial charge on any atom is -0.376 e. The van der Waals surface area contributed by atoms with Crippen molar-refractivity contribution in [3.63, 3.8) is 0 Å².